The van der Waals surface area contributed by atoms with Gasteiger partial charge in [-0.05, 0) is 23.3 Å². The van der Waals surface area contributed by atoms with E-state index >= 15 is 0 Å². The number of amides is 1. The average Bonchev–Trinajstić information content (AvgIpc) is 2.55. The van der Waals surface area contributed by atoms with Gasteiger partial charge < -0.3 is 15.4 Å². The first-order valence-corrected chi connectivity index (χ1v) is 7.36. The average molecular weight is 284 g/mol. The SMILES string of the molecule is C[C@@H](NC(=O)C1CNCCO1)c1cccc2ccccc12. The third-order valence-electron chi connectivity index (χ3n) is 3.87. The van der Waals surface area contributed by atoms with Gasteiger partial charge in [0, 0.05) is 13.1 Å². The summed E-state index contributed by atoms with van der Waals surface area (Å²) in [6.07, 6.45) is -0.392. The highest BCUT2D eigenvalue weighted by atomic mass is 16.5. The monoisotopic (exact) mass is 284 g/mol. The Morgan fingerprint density at radius 3 is 2.90 bits per heavy atom. The van der Waals surface area contributed by atoms with Crippen molar-refractivity contribution >= 4 is 16.7 Å². The fourth-order valence-corrected chi connectivity index (χ4v) is 2.75. The van der Waals surface area contributed by atoms with Crippen LogP contribution in [0.2, 0.25) is 0 Å². The molecule has 2 aromatic carbocycles. The molecule has 1 amide bonds. The molecule has 1 aliphatic heterocycles. The Labute approximate surface area is 124 Å². The maximum Gasteiger partial charge on any atom is 0.250 e. The molecule has 1 heterocycles. The standard InChI is InChI=1S/C17H20N2O2/c1-12(19-17(20)16-11-18-9-10-21-16)14-8-4-6-13-5-2-3-7-15(13)14/h2-8,12,16,18H,9-11H2,1H3,(H,19,20)/t12-,16?/m1/s1. The number of carbonyl (C=O) groups excluding carboxylic acids is 1. The lowest BCUT2D eigenvalue weighted by molar-refractivity contribution is -0.134. The van der Waals surface area contributed by atoms with Crippen molar-refractivity contribution in [2.24, 2.45) is 0 Å². The van der Waals surface area contributed by atoms with Crippen LogP contribution >= 0.6 is 0 Å². The Bertz CT molecular complexity index is 630. The van der Waals surface area contributed by atoms with Gasteiger partial charge in [-0.1, -0.05) is 42.5 Å². The maximum absolute atomic E-state index is 12.2. The van der Waals surface area contributed by atoms with E-state index in [9.17, 15) is 4.79 Å². The molecule has 1 fully saturated rings. The van der Waals surface area contributed by atoms with E-state index in [1.807, 2.05) is 25.1 Å². The zero-order valence-corrected chi connectivity index (χ0v) is 12.1. The predicted molar refractivity (Wildman–Crippen MR) is 83.1 cm³/mol. The van der Waals surface area contributed by atoms with Crippen LogP contribution in [0.3, 0.4) is 0 Å². The lowest BCUT2D eigenvalue weighted by Crippen LogP contribution is -2.48. The van der Waals surface area contributed by atoms with Gasteiger partial charge in [0.15, 0.2) is 0 Å². The molecule has 0 saturated carbocycles. The van der Waals surface area contributed by atoms with Crippen molar-refractivity contribution in [3.05, 3.63) is 48.0 Å². The van der Waals surface area contributed by atoms with Crippen LogP contribution in [-0.4, -0.2) is 31.7 Å². The lowest BCUT2D eigenvalue weighted by Gasteiger charge is -2.25. The van der Waals surface area contributed by atoms with Crippen LogP contribution < -0.4 is 10.6 Å². The van der Waals surface area contributed by atoms with Crippen molar-refractivity contribution in [2.45, 2.75) is 19.1 Å². The van der Waals surface area contributed by atoms with Gasteiger partial charge >= 0.3 is 0 Å². The molecule has 0 aliphatic carbocycles. The number of nitrogens with one attached hydrogen (secondary N) is 2. The van der Waals surface area contributed by atoms with Crippen LogP contribution in [-0.2, 0) is 9.53 Å². The third-order valence-corrected chi connectivity index (χ3v) is 3.87. The number of hydrogen-bond donors (Lipinski definition) is 2. The topological polar surface area (TPSA) is 50.4 Å². The van der Waals surface area contributed by atoms with Gasteiger partial charge in [0.1, 0.15) is 6.10 Å². The van der Waals surface area contributed by atoms with Crippen molar-refractivity contribution in [2.75, 3.05) is 19.7 Å². The first kappa shape index (κ1) is 14.0. The number of morpholine rings is 1. The van der Waals surface area contributed by atoms with Gasteiger partial charge in [-0.15, -0.1) is 0 Å². The Balaban J connectivity index is 1.77. The Morgan fingerprint density at radius 1 is 1.29 bits per heavy atom. The molecule has 1 unspecified atom stereocenters. The highest BCUT2D eigenvalue weighted by Crippen LogP contribution is 2.24. The smallest absolute Gasteiger partial charge is 0.250 e. The maximum atomic E-state index is 12.2. The van der Waals surface area contributed by atoms with E-state index < -0.39 is 6.10 Å². The van der Waals surface area contributed by atoms with E-state index in [4.69, 9.17) is 4.74 Å². The van der Waals surface area contributed by atoms with Gasteiger partial charge in [-0.3, -0.25) is 4.79 Å². The molecular weight excluding hydrogens is 264 g/mol. The van der Waals surface area contributed by atoms with Crippen molar-refractivity contribution in [3.8, 4) is 0 Å². The molecule has 0 spiro atoms. The van der Waals surface area contributed by atoms with Crippen molar-refractivity contribution in [1.82, 2.24) is 10.6 Å². The summed E-state index contributed by atoms with van der Waals surface area (Å²) < 4.78 is 5.49. The summed E-state index contributed by atoms with van der Waals surface area (Å²) >= 11 is 0. The summed E-state index contributed by atoms with van der Waals surface area (Å²) in [5, 5.41) is 8.59. The molecule has 0 radical (unpaired) electrons. The van der Waals surface area contributed by atoms with Crippen LogP contribution in [0.15, 0.2) is 42.5 Å². The molecule has 0 aromatic heterocycles. The number of hydrogen-bond acceptors (Lipinski definition) is 3. The second-order valence-corrected chi connectivity index (χ2v) is 5.36. The molecule has 2 atom stereocenters. The predicted octanol–water partition coefficient (Wildman–Crippen LogP) is 2.01. The number of ether oxygens (including phenoxy) is 1. The molecule has 1 aliphatic rings. The van der Waals surface area contributed by atoms with Gasteiger partial charge in [-0.2, -0.15) is 0 Å². The molecule has 3 rings (SSSR count). The van der Waals surface area contributed by atoms with Crippen LogP contribution in [0, 0.1) is 0 Å². The van der Waals surface area contributed by atoms with Crippen molar-refractivity contribution in [3.63, 3.8) is 0 Å². The number of fused-ring (bicyclic) bond motifs is 1. The van der Waals surface area contributed by atoms with E-state index in [1.54, 1.807) is 0 Å². The van der Waals surface area contributed by atoms with Gasteiger partial charge in [0.2, 0.25) is 0 Å². The molecule has 2 aromatic rings. The van der Waals surface area contributed by atoms with Crippen LogP contribution in [0.25, 0.3) is 10.8 Å². The Hall–Kier alpha value is -1.91. The minimum absolute atomic E-state index is 0.0471. The zero-order chi connectivity index (χ0) is 14.7. The summed E-state index contributed by atoms with van der Waals surface area (Å²) in [4.78, 5) is 12.2. The summed E-state index contributed by atoms with van der Waals surface area (Å²) in [6.45, 7) is 3.98. The highest BCUT2D eigenvalue weighted by molar-refractivity contribution is 5.87. The second kappa shape index (κ2) is 6.24. The number of benzene rings is 2. The van der Waals surface area contributed by atoms with Crippen molar-refractivity contribution < 1.29 is 9.53 Å². The molecule has 110 valence electrons. The van der Waals surface area contributed by atoms with Crippen LogP contribution in [0.1, 0.15) is 18.5 Å². The normalized spacial score (nSPS) is 20.1. The van der Waals surface area contributed by atoms with Gasteiger partial charge in [0.25, 0.3) is 5.91 Å². The van der Waals surface area contributed by atoms with Gasteiger partial charge in [-0.25, -0.2) is 0 Å². The second-order valence-electron chi connectivity index (χ2n) is 5.36. The minimum Gasteiger partial charge on any atom is -0.366 e. The molecule has 4 nitrogen and oxygen atoms in total. The first-order valence-electron chi connectivity index (χ1n) is 7.36. The molecule has 1 saturated heterocycles. The van der Waals surface area contributed by atoms with E-state index in [0.29, 0.717) is 13.2 Å². The molecule has 2 N–H and O–H groups in total. The van der Waals surface area contributed by atoms with E-state index in [0.717, 1.165) is 12.1 Å². The quantitative estimate of drug-likeness (QED) is 0.906. The fraction of sp³-hybridized carbons (Fsp3) is 0.353. The third kappa shape index (κ3) is 3.06. The summed E-state index contributed by atoms with van der Waals surface area (Å²) in [5.74, 6) is -0.0531. The Kier molecular flexibility index (Phi) is 4.18. The van der Waals surface area contributed by atoms with Crippen LogP contribution in [0.4, 0.5) is 0 Å². The zero-order valence-electron chi connectivity index (χ0n) is 12.1. The molecular formula is C17H20N2O2. The van der Waals surface area contributed by atoms with Crippen LogP contribution in [0.5, 0.6) is 0 Å². The largest absolute Gasteiger partial charge is 0.366 e. The van der Waals surface area contributed by atoms with E-state index in [2.05, 4.69) is 34.9 Å². The lowest BCUT2D eigenvalue weighted by atomic mass is 9.99. The molecule has 21 heavy (non-hydrogen) atoms. The first-order chi connectivity index (χ1) is 10.3. The van der Waals surface area contributed by atoms with Crippen molar-refractivity contribution in [1.29, 1.82) is 0 Å². The molecule has 4 heteroatoms. The van der Waals surface area contributed by atoms with E-state index in [-0.39, 0.29) is 11.9 Å². The Morgan fingerprint density at radius 2 is 2.10 bits per heavy atom. The fourth-order valence-electron chi connectivity index (χ4n) is 2.75. The van der Waals surface area contributed by atoms with E-state index in [1.165, 1.54) is 10.8 Å². The molecule has 0 bridgehead atoms. The summed E-state index contributed by atoms with van der Waals surface area (Å²) in [6, 6.07) is 14.3. The summed E-state index contributed by atoms with van der Waals surface area (Å²) in [5.41, 5.74) is 1.13. The summed E-state index contributed by atoms with van der Waals surface area (Å²) in [7, 11) is 0. The number of carbonyl (C=O) groups is 1. The highest BCUT2D eigenvalue weighted by Gasteiger charge is 2.23. The number of rotatable bonds is 3. The minimum atomic E-state index is -0.392. The van der Waals surface area contributed by atoms with Gasteiger partial charge in [0.05, 0.1) is 12.6 Å².